The lowest BCUT2D eigenvalue weighted by Gasteiger charge is -2.17. The van der Waals surface area contributed by atoms with Crippen molar-refractivity contribution < 1.29 is 4.79 Å². The van der Waals surface area contributed by atoms with Crippen molar-refractivity contribution in [1.29, 1.82) is 0 Å². The molecule has 11 heavy (non-hydrogen) atoms. The topological polar surface area (TPSA) is 24.7 Å². The summed E-state index contributed by atoms with van der Waals surface area (Å²) in [5.41, 5.74) is 0. The predicted molar refractivity (Wildman–Crippen MR) is 44.0 cm³/mol. The minimum Gasteiger partial charge on any atom is -0.337 e. The maximum Gasteiger partial charge on any atom is 0.305 e. The van der Waals surface area contributed by atoms with Crippen molar-refractivity contribution in [1.82, 2.24) is 4.90 Å². The van der Waals surface area contributed by atoms with Crippen molar-refractivity contribution in [3.05, 3.63) is 11.4 Å². The van der Waals surface area contributed by atoms with Crippen LogP contribution in [0.25, 0.3) is 4.85 Å². The number of hydrogen-bond acceptors (Lipinski definition) is 1. The van der Waals surface area contributed by atoms with Crippen LogP contribution in [0.15, 0.2) is 0 Å². The fourth-order valence-corrected chi connectivity index (χ4v) is 0.855. The van der Waals surface area contributed by atoms with Crippen LogP contribution < -0.4 is 0 Å². The van der Waals surface area contributed by atoms with E-state index in [2.05, 4.69) is 4.85 Å². The summed E-state index contributed by atoms with van der Waals surface area (Å²) in [6.45, 7) is 13.5. The molecule has 0 bridgehead atoms. The van der Waals surface area contributed by atoms with Gasteiger partial charge in [0.1, 0.15) is 0 Å². The van der Waals surface area contributed by atoms with E-state index in [4.69, 9.17) is 6.57 Å². The number of nitrogens with zero attached hydrogens (tertiary/aromatic N) is 2. The van der Waals surface area contributed by atoms with Crippen LogP contribution in [0.2, 0.25) is 0 Å². The Balaban J connectivity index is 4.11. The molecule has 0 fully saturated rings. The molecule has 3 heteroatoms. The van der Waals surface area contributed by atoms with Crippen LogP contribution >= 0.6 is 0 Å². The van der Waals surface area contributed by atoms with E-state index >= 15 is 0 Å². The van der Waals surface area contributed by atoms with Gasteiger partial charge in [-0.05, 0) is 13.8 Å². The number of amides is 1. The molecule has 0 aliphatic rings. The molecule has 3 nitrogen and oxygen atoms in total. The highest BCUT2D eigenvalue weighted by atomic mass is 16.2. The summed E-state index contributed by atoms with van der Waals surface area (Å²) in [4.78, 5) is 16.1. The number of carbonyl (C=O) groups is 1. The van der Waals surface area contributed by atoms with Gasteiger partial charge in [-0.1, -0.05) is 0 Å². The highest BCUT2D eigenvalue weighted by Gasteiger charge is 2.21. The van der Waals surface area contributed by atoms with Crippen molar-refractivity contribution in [2.45, 2.75) is 26.8 Å². The average Bonchev–Trinajstić information content (AvgIpc) is 2.05. The van der Waals surface area contributed by atoms with Gasteiger partial charge in [-0.2, -0.15) is 0 Å². The second-order valence-corrected chi connectivity index (χ2v) is 2.32. The second kappa shape index (κ2) is 4.73. The first-order valence-corrected chi connectivity index (χ1v) is 3.82. The maximum atomic E-state index is 11.2. The minimum atomic E-state index is -0.519. The quantitative estimate of drug-likeness (QED) is 0.560. The number of carbonyl (C=O) groups excluding carboxylic acids is 1. The lowest BCUT2D eigenvalue weighted by atomic mass is 10.3. The van der Waals surface area contributed by atoms with E-state index in [-0.39, 0.29) is 5.91 Å². The van der Waals surface area contributed by atoms with Gasteiger partial charge < -0.3 is 9.74 Å². The highest BCUT2D eigenvalue weighted by Crippen LogP contribution is 1.97. The van der Waals surface area contributed by atoms with Crippen molar-refractivity contribution >= 4 is 5.91 Å². The first kappa shape index (κ1) is 9.96. The molecule has 0 unspecified atom stereocenters. The van der Waals surface area contributed by atoms with E-state index in [1.807, 2.05) is 13.8 Å². The number of rotatable bonds is 3. The second-order valence-electron chi connectivity index (χ2n) is 2.32. The molecule has 0 aromatic carbocycles. The van der Waals surface area contributed by atoms with Crippen molar-refractivity contribution in [3.63, 3.8) is 0 Å². The molecule has 0 saturated carbocycles. The van der Waals surface area contributed by atoms with Crippen LogP contribution in [-0.2, 0) is 4.79 Å². The van der Waals surface area contributed by atoms with Crippen molar-refractivity contribution in [2.24, 2.45) is 0 Å². The van der Waals surface area contributed by atoms with E-state index in [9.17, 15) is 4.79 Å². The zero-order chi connectivity index (χ0) is 8.85. The maximum absolute atomic E-state index is 11.2. The zero-order valence-electron chi connectivity index (χ0n) is 7.29. The lowest BCUT2D eigenvalue weighted by molar-refractivity contribution is -0.130. The molecule has 0 aromatic rings. The minimum absolute atomic E-state index is 0.0648. The third-order valence-electron chi connectivity index (χ3n) is 1.63. The summed E-state index contributed by atoms with van der Waals surface area (Å²) >= 11 is 0. The van der Waals surface area contributed by atoms with Gasteiger partial charge in [-0.15, -0.1) is 0 Å². The first-order valence-electron chi connectivity index (χ1n) is 3.82. The first-order chi connectivity index (χ1) is 5.17. The molecule has 0 saturated heterocycles. The molecular formula is C8H14N2O. The Morgan fingerprint density at radius 3 is 2.27 bits per heavy atom. The van der Waals surface area contributed by atoms with Gasteiger partial charge in [0, 0.05) is 20.0 Å². The van der Waals surface area contributed by atoms with Gasteiger partial charge in [-0.3, -0.25) is 4.79 Å². The molecule has 1 amide bonds. The molecule has 0 radical (unpaired) electrons. The van der Waals surface area contributed by atoms with Crippen LogP contribution in [0.1, 0.15) is 20.8 Å². The van der Waals surface area contributed by atoms with Gasteiger partial charge >= 0.3 is 5.91 Å². The molecule has 0 rings (SSSR count). The van der Waals surface area contributed by atoms with Crippen LogP contribution in [0.5, 0.6) is 0 Å². The fourth-order valence-electron chi connectivity index (χ4n) is 0.855. The van der Waals surface area contributed by atoms with E-state index < -0.39 is 6.04 Å². The van der Waals surface area contributed by atoms with Gasteiger partial charge in [0.15, 0.2) is 0 Å². The molecular weight excluding hydrogens is 140 g/mol. The standard InChI is InChI=1S/C8H14N2O/c1-5-10(6-2)8(11)7(3)9-4/h7H,5-6H2,1-3H3/t7-/m1/s1. The van der Waals surface area contributed by atoms with Crippen molar-refractivity contribution in [2.75, 3.05) is 13.1 Å². The van der Waals surface area contributed by atoms with Gasteiger partial charge in [-0.25, -0.2) is 6.57 Å². The molecule has 0 aliphatic heterocycles. The van der Waals surface area contributed by atoms with Crippen LogP contribution in [0.3, 0.4) is 0 Å². The van der Waals surface area contributed by atoms with Crippen LogP contribution in [0, 0.1) is 6.57 Å². The summed E-state index contributed by atoms with van der Waals surface area (Å²) < 4.78 is 0. The Hall–Kier alpha value is -1.04. The Labute approximate surface area is 67.8 Å². The number of hydrogen-bond donors (Lipinski definition) is 0. The van der Waals surface area contributed by atoms with Gasteiger partial charge in [0.05, 0.1) is 0 Å². The highest BCUT2D eigenvalue weighted by molar-refractivity contribution is 5.82. The Morgan fingerprint density at radius 1 is 1.55 bits per heavy atom. The van der Waals surface area contributed by atoms with E-state index in [1.165, 1.54) is 0 Å². The predicted octanol–water partition coefficient (Wildman–Crippen LogP) is 1.16. The summed E-state index contributed by atoms with van der Waals surface area (Å²) in [6, 6.07) is -0.519. The van der Waals surface area contributed by atoms with E-state index in [1.54, 1.807) is 11.8 Å². The average molecular weight is 154 g/mol. The Kier molecular flexibility index (Phi) is 4.28. The van der Waals surface area contributed by atoms with Gasteiger partial charge in [0.25, 0.3) is 6.04 Å². The fraction of sp³-hybridized carbons (Fsp3) is 0.750. The SMILES string of the molecule is [C-]#[N+][C@H](C)C(=O)N(CC)CC. The van der Waals surface area contributed by atoms with E-state index in [0.717, 1.165) is 0 Å². The normalized spacial score (nSPS) is 11.8. The summed E-state index contributed by atoms with van der Waals surface area (Å²) in [5.74, 6) is -0.0648. The summed E-state index contributed by atoms with van der Waals surface area (Å²) in [7, 11) is 0. The molecule has 0 aromatic heterocycles. The zero-order valence-corrected chi connectivity index (χ0v) is 7.29. The monoisotopic (exact) mass is 154 g/mol. The van der Waals surface area contributed by atoms with Crippen molar-refractivity contribution in [3.8, 4) is 0 Å². The summed E-state index contributed by atoms with van der Waals surface area (Å²) in [5, 5.41) is 0. The molecule has 0 spiro atoms. The molecule has 0 N–H and O–H groups in total. The molecule has 0 heterocycles. The van der Waals surface area contributed by atoms with Gasteiger partial charge in [0.2, 0.25) is 0 Å². The van der Waals surface area contributed by atoms with Crippen LogP contribution in [0.4, 0.5) is 0 Å². The third-order valence-corrected chi connectivity index (χ3v) is 1.63. The smallest absolute Gasteiger partial charge is 0.305 e. The van der Waals surface area contributed by atoms with E-state index in [0.29, 0.717) is 13.1 Å². The Morgan fingerprint density at radius 2 is 2.00 bits per heavy atom. The molecule has 1 atom stereocenters. The number of likely N-dealkylation sites (N-methyl/N-ethyl adjacent to an activating group) is 1. The summed E-state index contributed by atoms with van der Waals surface area (Å²) in [6.07, 6.45) is 0. The molecule has 62 valence electrons. The molecule has 0 aliphatic carbocycles. The van der Waals surface area contributed by atoms with Crippen LogP contribution in [-0.4, -0.2) is 29.9 Å². The Bertz CT molecular complexity index is 167. The largest absolute Gasteiger partial charge is 0.337 e. The third kappa shape index (κ3) is 2.58. The lowest BCUT2D eigenvalue weighted by Crippen LogP contribution is -2.36.